The molecule has 0 heterocycles. The van der Waals surface area contributed by atoms with Crippen LogP contribution in [0.3, 0.4) is 0 Å². The summed E-state index contributed by atoms with van der Waals surface area (Å²) in [6, 6.07) is 5.86. The van der Waals surface area contributed by atoms with E-state index in [9.17, 15) is 14.3 Å². The largest absolute Gasteiger partial charge is 0.508 e. The van der Waals surface area contributed by atoms with E-state index >= 15 is 0 Å². The molecule has 0 aliphatic heterocycles. The summed E-state index contributed by atoms with van der Waals surface area (Å²) in [5.74, 6) is 0.0870. The van der Waals surface area contributed by atoms with Gasteiger partial charge in [-0.1, -0.05) is 0 Å². The van der Waals surface area contributed by atoms with Gasteiger partial charge in [-0.25, -0.2) is 9.18 Å². The molecule has 0 unspecified atom stereocenters. The predicted molar refractivity (Wildman–Crippen MR) is 66.8 cm³/mol. The van der Waals surface area contributed by atoms with Gasteiger partial charge in [-0.05, 0) is 37.1 Å². The van der Waals surface area contributed by atoms with Gasteiger partial charge in [-0.15, -0.1) is 0 Å². The van der Waals surface area contributed by atoms with Crippen molar-refractivity contribution in [3.05, 3.63) is 24.3 Å². The van der Waals surface area contributed by atoms with Gasteiger partial charge in [0.15, 0.2) is 0 Å². The quantitative estimate of drug-likeness (QED) is 0.719. The van der Waals surface area contributed by atoms with E-state index in [0.717, 1.165) is 0 Å². The Kier molecular flexibility index (Phi) is 4.21. The second-order valence-electron chi connectivity index (χ2n) is 4.60. The molecule has 1 amide bonds. The molecule has 0 bridgehead atoms. The number of ether oxygens (including phenoxy) is 1. The molecular formula is C13H16FNO4. The Hall–Kier alpha value is -1.82. The van der Waals surface area contributed by atoms with Crippen molar-refractivity contribution < 1.29 is 24.1 Å². The fraction of sp³-hybridized carbons (Fsp3) is 0.462. The number of aromatic hydroxyl groups is 1. The van der Waals surface area contributed by atoms with E-state index in [1.165, 1.54) is 24.3 Å². The van der Waals surface area contributed by atoms with Gasteiger partial charge in [0.1, 0.15) is 18.0 Å². The first-order chi connectivity index (χ1) is 9.04. The molecule has 0 aromatic heterocycles. The van der Waals surface area contributed by atoms with Crippen LogP contribution in [0.2, 0.25) is 0 Å². The number of aliphatic hydroxyl groups excluding tert-OH is 1. The molecule has 1 aromatic carbocycles. The van der Waals surface area contributed by atoms with Crippen molar-refractivity contribution in [2.24, 2.45) is 0 Å². The fourth-order valence-electron chi connectivity index (χ4n) is 2.03. The lowest BCUT2D eigenvalue weighted by molar-refractivity contribution is -0.0162. The molecule has 3 atom stereocenters. The Bertz CT molecular complexity index is 437. The van der Waals surface area contributed by atoms with E-state index < -0.39 is 24.5 Å². The number of amides is 1. The van der Waals surface area contributed by atoms with Crippen LogP contribution >= 0.6 is 0 Å². The molecule has 2 rings (SSSR count). The van der Waals surface area contributed by atoms with E-state index in [1.807, 2.05) is 0 Å². The summed E-state index contributed by atoms with van der Waals surface area (Å²) in [4.78, 5) is 11.6. The average molecular weight is 269 g/mol. The molecule has 1 aromatic rings. The number of alkyl halides is 1. The van der Waals surface area contributed by atoms with Crippen molar-refractivity contribution in [3.8, 4) is 5.75 Å². The molecule has 5 nitrogen and oxygen atoms in total. The zero-order chi connectivity index (χ0) is 13.8. The van der Waals surface area contributed by atoms with Crippen LogP contribution in [0.1, 0.15) is 19.3 Å². The number of benzene rings is 1. The third-order valence-electron chi connectivity index (χ3n) is 3.06. The number of carbonyl (C=O) groups is 1. The number of hydrogen-bond donors (Lipinski definition) is 3. The van der Waals surface area contributed by atoms with Gasteiger partial charge in [0.2, 0.25) is 0 Å². The number of anilines is 1. The van der Waals surface area contributed by atoms with Gasteiger partial charge in [0, 0.05) is 12.1 Å². The van der Waals surface area contributed by atoms with Gasteiger partial charge >= 0.3 is 6.09 Å². The summed E-state index contributed by atoms with van der Waals surface area (Å²) < 4.78 is 18.5. The summed E-state index contributed by atoms with van der Waals surface area (Å²) in [5, 5.41) is 20.8. The smallest absolute Gasteiger partial charge is 0.411 e. The molecular weight excluding hydrogens is 253 g/mol. The molecule has 19 heavy (non-hydrogen) atoms. The SMILES string of the molecule is O=C(Nc1ccc(O)cc1)O[C@H]1CC[C@@H](O)C[C@@H]1F. The monoisotopic (exact) mass is 269 g/mol. The van der Waals surface area contributed by atoms with Crippen LogP contribution in [0, 0.1) is 0 Å². The third-order valence-corrected chi connectivity index (χ3v) is 3.06. The number of nitrogens with one attached hydrogen (secondary N) is 1. The van der Waals surface area contributed by atoms with Crippen LogP contribution < -0.4 is 5.32 Å². The average Bonchev–Trinajstić information content (AvgIpc) is 2.36. The van der Waals surface area contributed by atoms with Crippen LogP contribution in [-0.2, 0) is 4.74 Å². The highest BCUT2D eigenvalue weighted by Crippen LogP contribution is 2.24. The highest BCUT2D eigenvalue weighted by atomic mass is 19.1. The molecule has 6 heteroatoms. The number of rotatable bonds is 2. The minimum Gasteiger partial charge on any atom is -0.508 e. The van der Waals surface area contributed by atoms with E-state index in [1.54, 1.807) is 0 Å². The summed E-state index contributed by atoms with van der Waals surface area (Å²) >= 11 is 0. The first-order valence-corrected chi connectivity index (χ1v) is 6.13. The topological polar surface area (TPSA) is 78.8 Å². The Morgan fingerprint density at radius 3 is 2.63 bits per heavy atom. The Balaban J connectivity index is 1.85. The lowest BCUT2D eigenvalue weighted by Gasteiger charge is -2.28. The summed E-state index contributed by atoms with van der Waals surface area (Å²) in [7, 11) is 0. The van der Waals surface area contributed by atoms with Gasteiger partial charge in [-0.2, -0.15) is 0 Å². The number of halogens is 1. The number of hydrogen-bond acceptors (Lipinski definition) is 4. The first-order valence-electron chi connectivity index (χ1n) is 6.13. The standard InChI is InChI=1S/C13H16FNO4/c14-11-7-10(17)5-6-12(11)19-13(18)15-8-1-3-9(16)4-2-8/h1-4,10-12,16-17H,5-7H2,(H,15,18)/t10-,11+,12+/m1/s1. The summed E-state index contributed by atoms with van der Waals surface area (Å²) in [6.45, 7) is 0. The molecule has 104 valence electrons. The Morgan fingerprint density at radius 2 is 2.00 bits per heavy atom. The minimum atomic E-state index is -1.34. The molecule has 1 aliphatic rings. The van der Waals surface area contributed by atoms with E-state index in [4.69, 9.17) is 9.84 Å². The van der Waals surface area contributed by atoms with Gasteiger partial charge in [0.25, 0.3) is 0 Å². The maximum Gasteiger partial charge on any atom is 0.411 e. The van der Waals surface area contributed by atoms with Crippen LogP contribution in [-0.4, -0.2) is 34.7 Å². The normalized spacial score (nSPS) is 26.7. The Labute approximate surface area is 110 Å². The maximum atomic E-state index is 13.6. The van der Waals surface area contributed by atoms with Crippen molar-refractivity contribution in [3.63, 3.8) is 0 Å². The van der Waals surface area contributed by atoms with E-state index in [2.05, 4.69) is 5.32 Å². The van der Waals surface area contributed by atoms with E-state index in [0.29, 0.717) is 18.5 Å². The number of carbonyl (C=O) groups excluding carboxylic acids is 1. The maximum absolute atomic E-state index is 13.6. The minimum absolute atomic E-state index is 0.00282. The van der Waals surface area contributed by atoms with Crippen LogP contribution in [0.4, 0.5) is 14.9 Å². The molecule has 0 saturated heterocycles. The van der Waals surface area contributed by atoms with Gasteiger partial charge < -0.3 is 14.9 Å². The van der Waals surface area contributed by atoms with Crippen LogP contribution in [0.25, 0.3) is 0 Å². The fourth-order valence-corrected chi connectivity index (χ4v) is 2.03. The molecule has 0 spiro atoms. The zero-order valence-electron chi connectivity index (χ0n) is 10.3. The van der Waals surface area contributed by atoms with E-state index in [-0.39, 0.29) is 12.2 Å². The zero-order valence-corrected chi connectivity index (χ0v) is 10.3. The van der Waals surface area contributed by atoms with Crippen molar-refractivity contribution in [1.82, 2.24) is 0 Å². The molecule has 1 saturated carbocycles. The van der Waals surface area contributed by atoms with Gasteiger partial charge in [0.05, 0.1) is 6.10 Å². The van der Waals surface area contributed by atoms with Crippen LogP contribution in [0.15, 0.2) is 24.3 Å². The Morgan fingerprint density at radius 1 is 1.32 bits per heavy atom. The summed E-state index contributed by atoms with van der Waals surface area (Å²) in [5.41, 5.74) is 0.453. The van der Waals surface area contributed by atoms with Crippen molar-refractivity contribution in [2.75, 3.05) is 5.32 Å². The van der Waals surface area contributed by atoms with Gasteiger partial charge in [-0.3, -0.25) is 5.32 Å². The second-order valence-corrected chi connectivity index (χ2v) is 4.60. The number of phenols is 1. The van der Waals surface area contributed by atoms with Crippen molar-refractivity contribution >= 4 is 11.8 Å². The molecule has 1 aliphatic carbocycles. The first kappa shape index (κ1) is 13.6. The highest BCUT2D eigenvalue weighted by Gasteiger charge is 2.32. The van der Waals surface area contributed by atoms with Crippen molar-refractivity contribution in [1.29, 1.82) is 0 Å². The third kappa shape index (κ3) is 3.82. The number of aliphatic hydroxyl groups is 1. The highest BCUT2D eigenvalue weighted by molar-refractivity contribution is 5.84. The molecule has 0 radical (unpaired) electrons. The summed E-state index contributed by atoms with van der Waals surface area (Å²) in [6.07, 6.45) is -2.82. The van der Waals surface area contributed by atoms with Crippen LogP contribution in [0.5, 0.6) is 5.75 Å². The molecule has 1 fully saturated rings. The number of phenolic OH excluding ortho intramolecular Hbond substituents is 1. The lowest BCUT2D eigenvalue weighted by Crippen LogP contribution is -2.37. The van der Waals surface area contributed by atoms with Crippen molar-refractivity contribution in [2.45, 2.75) is 37.6 Å². The second kappa shape index (κ2) is 5.88. The lowest BCUT2D eigenvalue weighted by atomic mass is 9.93. The predicted octanol–water partition coefficient (Wildman–Crippen LogP) is 2.19. The molecule has 3 N–H and O–H groups in total.